The predicted octanol–water partition coefficient (Wildman–Crippen LogP) is 2.30. The first-order valence-corrected chi connectivity index (χ1v) is 12.6. The Labute approximate surface area is 136 Å². The molecule has 4 nitrogen and oxygen atoms in total. The standard InChI is InChI=1S/C15H38N2O2Si2/c1-9-16(10-2)15(17(11-3)12-4)20-14(5)13-21(8,18-6)19-7/h14-15H,9-13,20H2,1-8H3. The Morgan fingerprint density at radius 2 is 1.29 bits per heavy atom. The van der Waals surface area contributed by atoms with Gasteiger partial charge in [-0.3, -0.25) is 9.80 Å². The van der Waals surface area contributed by atoms with E-state index in [1.807, 2.05) is 0 Å². The van der Waals surface area contributed by atoms with E-state index >= 15 is 0 Å². The summed E-state index contributed by atoms with van der Waals surface area (Å²) >= 11 is 0. The molecule has 0 bridgehead atoms. The van der Waals surface area contributed by atoms with Crippen molar-refractivity contribution in [2.75, 3.05) is 40.4 Å². The van der Waals surface area contributed by atoms with E-state index in [9.17, 15) is 0 Å². The minimum absolute atomic E-state index is 0.261. The lowest BCUT2D eigenvalue weighted by Gasteiger charge is -2.40. The number of hydrogen-bond acceptors (Lipinski definition) is 4. The fraction of sp³-hybridized carbons (Fsp3) is 1.00. The summed E-state index contributed by atoms with van der Waals surface area (Å²) in [6.45, 7) is 18.3. The van der Waals surface area contributed by atoms with Crippen molar-refractivity contribution < 1.29 is 8.85 Å². The number of nitrogens with zero attached hydrogens (tertiary/aromatic N) is 2. The molecule has 0 aliphatic heterocycles. The molecule has 0 amide bonds. The van der Waals surface area contributed by atoms with Crippen LogP contribution in [0.5, 0.6) is 0 Å². The maximum atomic E-state index is 5.68. The lowest BCUT2D eigenvalue weighted by molar-refractivity contribution is 0.114. The van der Waals surface area contributed by atoms with Gasteiger partial charge in [0, 0.05) is 20.0 Å². The molecule has 0 spiro atoms. The molecular weight excluding hydrogens is 296 g/mol. The lowest BCUT2D eigenvalue weighted by atomic mass is 10.5. The summed E-state index contributed by atoms with van der Waals surface area (Å²) in [7, 11) is 1.40. The van der Waals surface area contributed by atoms with Crippen LogP contribution in [0.2, 0.25) is 18.1 Å². The second-order valence-corrected chi connectivity index (χ2v) is 12.1. The molecule has 0 aliphatic carbocycles. The topological polar surface area (TPSA) is 24.9 Å². The molecule has 6 heteroatoms. The Bertz CT molecular complexity index is 246. The van der Waals surface area contributed by atoms with Crippen LogP contribution in [0.3, 0.4) is 0 Å². The van der Waals surface area contributed by atoms with E-state index in [4.69, 9.17) is 8.85 Å². The monoisotopic (exact) mass is 334 g/mol. The van der Waals surface area contributed by atoms with Gasteiger partial charge in [-0.25, -0.2) is 0 Å². The largest absolute Gasteiger partial charge is 0.398 e. The van der Waals surface area contributed by atoms with E-state index < -0.39 is 8.56 Å². The highest BCUT2D eigenvalue weighted by Gasteiger charge is 2.33. The van der Waals surface area contributed by atoms with Gasteiger partial charge in [0.05, 0.1) is 9.52 Å². The van der Waals surface area contributed by atoms with Crippen LogP contribution >= 0.6 is 0 Å². The van der Waals surface area contributed by atoms with Gasteiger partial charge in [-0.15, -0.1) is 0 Å². The highest BCUT2D eigenvalue weighted by atomic mass is 28.4. The molecule has 0 saturated heterocycles. The second-order valence-electron chi connectivity index (χ2n) is 6.01. The molecule has 21 heavy (non-hydrogen) atoms. The summed E-state index contributed by atoms with van der Waals surface area (Å²) in [6, 6.07) is 1.12. The third-order valence-electron chi connectivity index (χ3n) is 4.66. The van der Waals surface area contributed by atoms with Gasteiger partial charge < -0.3 is 8.85 Å². The number of rotatable bonds is 12. The van der Waals surface area contributed by atoms with Gasteiger partial charge in [-0.1, -0.05) is 34.6 Å². The van der Waals surface area contributed by atoms with Crippen LogP contribution in [0.1, 0.15) is 34.6 Å². The Balaban J connectivity index is 4.87. The van der Waals surface area contributed by atoms with Gasteiger partial charge in [-0.05, 0) is 44.3 Å². The smallest absolute Gasteiger partial charge is 0.334 e. The molecule has 0 aliphatic rings. The van der Waals surface area contributed by atoms with Crippen LogP contribution in [0.25, 0.3) is 0 Å². The van der Waals surface area contributed by atoms with Crippen molar-refractivity contribution in [3.05, 3.63) is 0 Å². The molecule has 0 radical (unpaired) electrons. The Hall–Kier alpha value is 0.274. The van der Waals surface area contributed by atoms with E-state index in [2.05, 4.69) is 51.0 Å². The van der Waals surface area contributed by atoms with Crippen molar-refractivity contribution in [1.29, 1.82) is 0 Å². The maximum Gasteiger partial charge on any atom is 0.334 e. The van der Waals surface area contributed by atoms with E-state index in [1.165, 1.54) is 0 Å². The van der Waals surface area contributed by atoms with Crippen LogP contribution in [0.15, 0.2) is 0 Å². The number of hydrogen-bond donors (Lipinski definition) is 0. The molecular formula is C15H38N2O2Si2. The van der Waals surface area contributed by atoms with Gasteiger partial charge in [0.15, 0.2) is 0 Å². The van der Waals surface area contributed by atoms with Crippen LogP contribution < -0.4 is 0 Å². The molecule has 0 aromatic heterocycles. The summed E-state index contributed by atoms with van der Waals surface area (Å²) in [6.07, 6.45) is 0. The molecule has 0 aromatic rings. The van der Waals surface area contributed by atoms with Crippen molar-refractivity contribution in [2.24, 2.45) is 0 Å². The lowest BCUT2D eigenvalue weighted by Crippen LogP contribution is -2.53. The average Bonchev–Trinajstić information content (AvgIpc) is 2.49. The van der Waals surface area contributed by atoms with E-state index in [0.717, 1.165) is 37.8 Å². The van der Waals surface area contributed by atoms with Crippen molar-refractivity contribution in [3.8, 4) is 0 Å². The minimum atomic E-state index is -1.94. The zero-order chi connectivity index (χ0) is 16.5. The quantitative estimate of drug-likeness (QED) is 0.404. The Morgan fingerprint density at radius 1 is 0.905 bits per heavy atom. The zero-order valence-corrected chi connectivity index (χ0v) is 18.0. The van der Waals surface area contributed by atoms with Crippen LogP contribution in [0, 0.1) is 0 Å². The fourth-order valence-electron chi connectivity index (χ4n) is 3.15. The maximum absolute atomic E-state index is 5.68. The van der Waals surface area contributed by atoms with Crippen LogP contribution in [0.4, 0.5) is 0 Å². The van der Waals surface area contributed by atoms with Gasteiger partial charge >= 0.3 is 8.56 Å². The van der Waals surface area contributed by atoms with Crippen molar-refractivity contribution in [1.82, 2.24) is 9.80 Å². The Morgan fingerprint density at radius 3 is 1.57 bits per heavy atom. The summed E-state index contributed by atoms with van der Waals surface area (Å²) < 4.78 is 11.4. The predicted molar refractivity (Wildman–Crippen MR) is 98.0 cm³/mol. The molecule has 0 N–H and O–H groups in total. The van der Waals surface area contributed by atoms with Gasteiger partial charge in [0.25, 0.3) is 0 Å². The third kappa shape index (κ3) is 6.92. The summed E-state index contributed by atoms with van der Waals surface area (Å²) in [5.74, 6) is 0.664. The first-order valence-electron chi connectivity index (χ1n) is 8.49. The van der Waals surface area contributed by atoms with Crippen molar-refractivity contribution in [3.63, 3.8) is 0 Å². The van der Waals surface area contributed by atoms with Crippen LogP contribution in [-0.2, 0) is 8.85 Å². The molecule has 128 valence electrons. The fourth-order valence-corrected chi connectivity index (χ4v) is 9.50. The van der Waals surface area contributed by atoms with Gasteiger partial charge in [0.2, 0.25) is 0 Å². The molecule has 1 atom stereocenters. The first kappa shape index (κ1) is 21.3. The molecule has 0 heterocycles. The van der Waals surface area contributed by atoms with E-state index in [0.29, 0.717) is 5.79 Å². The molecule has 0 saturated carbocycles. The van der Waals surface area contributed by atoms with Crippen molar-refractivity contribution in [2.45, 2.75) is 58.5 Å². The minimum Gasteiger partial charge on any atom is -0.398 e. The highest BCUT2D eigenvalue weighted by molar-refractivity contribution is 6.67. The van der Waals surface area contributed by atoms with Crippen LogP contribution in [-0.4, -0.2) is 74.1 Å². The van der Waals surface area contributed by atoms with Gasteiger partial charge in [0.1, 0.15) is 0 Å². The summed E-state index contributed by atoms with van der Waals surface area (Å²) in [4.78, 5) is 5.27. The van der Waals surface area contributed by atoms with E-state index in [-0.39, 0.29) is 9.52 Å². The summed E-state index contributed by atoms with van der Waals surface area (Å²) in [5, 5.41) is 0. The first-order chi connectivity index (χ1) is 9.91. The molecule has 0 aromatic carbocycles. The molecule has 0 fully saturated rings. The third-order valence-corrected chi connectivity index (χ3v) is 11.0. The second kappa shape index (κ2) is 10.9. The van der Waals surface area contributed by atoms with Crippen molar-refractivity contribution >= 4 is 18.1 Å². The van der Waals surface area contributed by atoms with Gasteiger partial charge in [-0.2, -0.15) is 0 Å². The summed E-state index contributed by atoms with van der Waals surface area (Å²) in [5.41, 5.74) is 0.743. The normalized spacial score (nSPS) is 15.0. The Kier molecular flexibility index (Phi) is 11.1. The highest BCUT2D eigenvalue weighted by Crippen LogP contribution is 2.24. The zero-order valence-electron chi connectivity index (χ0n) is 15.6. The van der Waals surface area contributed by atoms with E-state index in [1.54, 1.807) is 14.2 Å². The SMILES string of the molecule is CCN(CC)C([SiH2]C(C)C[Si](C)(OC)OC)N(CC)CC. The molecule has 0 rings (SSSR count). The average molecular weight is 335 g/mol. The molecule has 1 unspecified atom stereocenters.